The number of carboxylic acid groups (broad SMARTS) is 1. The summed E-state index contributed by atoms with van der Waals surface area (Å²) in [6, 6.07) is 0. The summed E-state index contributed by atoms with van der Waals surface area (Å²) in [5.41, 5.74) is -0.986. The molecule has 1 atom stereocenters. The van der Waals surface area contributed by atoms with Crippen LogP contribution in [0.1, 0.15) is 58.8 Å². The summed E-state index contributed by atoms with van der Waals surface area (Å²) in [6.45, 7) is 3.77. The number of aliphatic carboxylic acids is 1. The Kier molecular flexibility index (Phi) is 4.78. The molecule has 0 aromatic carbocycles. The van der Waals surface area contributed by atoms with E-state index in [1.165, 1.54) is 6.42 Å². The van der Waals surface area contributed by atoms with Gasteiger partial charge in [-0.3, -0.25) is 4.79 Å². The van der Waals surface area contributed by atoms with E-state index in [2.05, 4.69) is 0 Å². The first-order chi connectivity index (χ1) is 7.47. The number of carbonyl (C=O) groups is 1. The SMILES string of the molecule is CC(C)C(C(=O)O)C1(O)CCCCCCC1. The molecule has 0 aliphatic heterocycles. The van der Waals surface area contributed by atoms with Crippen LogP contribution in [0.4, 0.5) is 0 Å². The molecule has 0 bridgehead atoms. The third-order valence-corrected chi connectivity index (χ3v) is 3.73. The third kappa shape index (κ3) is 3.21. The van der Waals surface area contributed by atoms with Crippen LogP contribution < -0.4 is 0 Å². The topological polar surface area (TPSA) is 57.5 Å². The molecule has 0 aromatic rings. The number of carboxylic acids is 1. The second-order valence-electron chi connectivity index (χ2n) is 5.43. The molecule has 3 heteroatoms. The monoisotopic (exact) mass is 228 g/mol. The van der Waals surface area contributed by atoms with E-state index in [4.69, 9.17) is 0 Å². The zero-order valence-electron chi connectivity index (χ0n) is 10.4. The number of aliphatic hydroxyl groups is 1. The highest BCUT2D eigenvalue weighted by Crippen LogP contribution is 2.36. The van der Waals surface area contributed by atoms with Gasteiger partial charge in [0.25, 0.3) is 0 Å². The molecule has 0 heterocycles. The van der Waals surface area contributed by atoms with E-state index in [0.717, 1.165) is 25.7 Å². The van der Waals surface area contributed by atoms with Crippen molar-refractivity contribution < 1.29 is 15.0 Å². The van der Waals surface area contributed by atoms with Gasteiger partial charge in [0.2, 0.25) is 0 Å². The van der Waals surface area contributed by atoms with Gasteiger partial charge in [0.1, 0.15) is 0 Å². The van der Waals surface area contributed by atoms with Crippen LogP contribution in [0, 0.1) is 11.8 Å². The van der Waals surface area contributed by atoms with Crippen molar-refractivity contribution in [3.05, 3.63) is 0 Å². The molecule has 1 aliphatic carbocycles. The standard InChI is InChI=1S/C13H24O3/c1-10(2)11(12(14)15)13(16)8-6-4-3-5-7-9-13/h10-11,16H,3-9H2,1-2H3,(H,14,15). The van der Waals surface area contributed by atoms with Crippen molar-refractivity contribution >= 4 is 5.97 Å². The third-order valence-electron chi connectivity index (χ3n) is 3.73. The summed E-state index contributed by atoms with van der Waals surface area (Å²) >= 11 is 0. The van der Waals surface area contributed by atoms with E-state index in [-0.39, 0.29) is 5.92 Å². The van der Waals surface area contributed by atoms with Gasteiger partial charge in [-0.25, -0.2) is 0 Å². The Morgan fingerprint density at radius 3 is 1.88 bits per heavy atom. The molecule has 16 heavy (non-hydrogen) atoms. The van der Waals surface area contributed by atoms with Gasteiger partial charge in [-0.05, 0) is 18.8 Å². The molecule has 2 N–H and O–H groups in total. The van der Waals surface area contributed by atoms with Crippen molar-refractivity contribution in [3.8, 4) is 0 Å². The van der Waals surface area contributed by atoms with Crippen molar-refractivity contribution in [2.45, 2.75) is 64.4 Å². The molecule has 1 rings (SSSR count). The highest BCUT2D eigenvalue weighted by Gasteiger charge is 2.42. The summed E-state index contributed by atoms with van der Waals surface area (Å²) in [5.74, 6) is -1.48. The summed E-state index contributed by atoms with van der Waals surface area (Å²) in [6.07, 6.45) is 6.64. The summed E-state index contributed by atoms with van der Waals surface area (Å²) in [7, 11) is 0. The van der Waals surface area contributed by atoms with Crippen LogP contribution in [0.25, 0.3) is 0 Å². The smallest absolute Gasteiger partial charge is 0.309 e. The maximum atomic E-state index is 11.3. The summed E-state index contributed by atoms with van der Waals surface area (Å²) < 4.78 is 0. The Bertz CT molecular complexity index is 227. The van der Waals surface area contributed by atoms with E-state index in [9.17, 15) is 15.0 Å². The minimum atomic E-state index is -0.986. The molecule has 1 fully saturated rings. The number of hydrogen-bond donors (Lipinski definition) is 2. The fraction of sp³-hybridized carbons (Fsp3) is 0.923. The Balaban J connectivity index is 2.80. The maximum absolute atomic E-state index is 11.3. The number of rotatable bonds is 3. The molecule has 0 spiro atoms. The molecule has 0 aromatic heterocycles. The first-order valence-corrected chi connectivity index (χ1v) is 6.42. The molecule has 3 nitrogen and oxygen atoms in total. The zero-order valence-corrected chi connectivity index (χ0v) is 10.4. The maximum Gasteiger partial charge on any atom is 0.309 e. The van der Waals surface area contributed by atoms with Crippen LogP contribution >= 0.6 is 0 Å². The van der Waals surface area contributed by atoms with Crippen LogP contribution in [0.15, 0.2) is 0 Å². The van der Waals surface area contributed by atoms with Gasteiger partial charge in [0, 0.05) is 0 Å². The lowest BCUT2D eigenvalue weighted by molar-refractivity contribution is -0.157. The quantitative estimate of drug-likeness (QED) is 0.781. The van der Waals surface area contributed by atoms with Crippen molar-refractivity contribution in [1.29, 1.82) is 0 Å². The first-order valence-electron chi connectivity index (χ1n) is 6.42. The number of hydrogen-bond acceptors (Lipinski definition) is 2. The molecule has 1 saturated carbocycles. The van der Waals surface area contributed by atoms with E-state index >= 15 is 0 Å². The Morgan fingerprint density at radius 2 is 1.50 bits per heavy atom. The molecule has 0 saturated heterocycles. The van der Waals surface area contributed by atoms with Gasteiger partial charge in [-0.2, -0.15) is 0 Å². The Hall–Kier alpha value is -0.570. The predicted octanol–water partition coefficient (Wildman–Crippen LogP) is 2.82. The van der Waals surface area contributed by atoms with Crippen molar-refractivity contribution in [2.24, 2.45) is 11.8 Å². The van der Waals surface area contributed by atoms with Crippen LogP contribution in [0.2, 0.25) is 0 Å². The average Bonchev–Trinajstić information content (AvgIpc) is 2.11. The van der Waals surface area contributed by atoms with Gasteiger partial charge in [0.05, 0.1) is 11.5 Å². The first kappa shape index (κ1) is 13.5. The molecule has 1 unspecified atom stereocenters. The van der Waals surface area contributed by atoms with Gasteiger partial charge >= 0.3 is 5.97 Å². The van der Waals surface area contributed by atoms with E-state index < -0.39 is 17.5 Å². The minimum Gasteiger partial charge on any atom is -0.481 e. The molecular weight excluding hydrogens is 204 g/mol. The van der Waals surface area contributed by atoms with Crippen molar-refractivity contribution in [3.63, 3.8) is 0 Å². The van der Waals surface area contributed by atoms with E-state index in [0.29, 0.717) is 12.8 Å². The molecule has 94 valence electrons. The summed E-state index contributed by atoms with van der Waals surface area (Å²) in [5, 5.41) is 19.9. The fourth-order valence-electron chi connectivity index (χ4n) is 2.96. The van der Waals surface area contributed by atoms with Gasteiger partial charge in [-0.15, -0.1) is 0 Å². The zero-order chi connectivity index (χ0) is 12.2. The van der Waals surface area contributed by atoms with Gasteiger partial charge in [-0.1, -0.05) is 46.0 Å². The Labute approximate surface area is 97.9 Å². The Morgan fingerprint density at radius 1 is 1.06 bits per heavy atom. The fourth-order valence-corrected chi connectivity index (χ4v) is 2.96. The second kappa shape index (κ2) is 5.67. The highest BCUT2D eigenvalue weighted by molar-refractivity contribution is 5.71. The predicted molar refractivity (Wildman–Crippen MR) is 63.2 cm³/mol. The minimum absolute atomic E-state index is 0.0121. The van der Waals surface area contributed by atoms with Gasteiger partial charge in [0.15, 0.2) is 0 Å². The van der Waals surface area contributed by atoms with Crippen LogP contribution in [-0.4, -0.2) is 21.8 Å². The van der Waals surface area contributed by atoms with Crippen molar-refractivity contribution in [1.82, 2.24) is 0 Å². The molecular formula is C13H24O3. The average molecular weight is 228 g/mol. The van der Waals surface area contributed by atoms with Crippen LogP contribution in [0.5, 0.6) is 0 Å². The summed E-state index contributed by atoms with van der Waals surface area (Å²) in [4.78, 5) is 11.3. The molecule has 0 radical (unpaired) electrons. The van der Waals surface area contributed by atoms with E-state index in [1.807, 2.05) is 13.8 Å². The van der Waals surface area contributed by atoms with E-state index in [1.54, 1.807) is 0 Å². The largest absolute Gasteiger partial charge is 0.481 e. The van der Waals surface area contributed by atoms with Crippen molar-refractivity contribution in [2.75, 3.05) is 0 Å². The second-order valence-corrected chi connectivity index (χ2v) is 5.43. The normalized spacial score (nSPS) is 23.5. The lowest BCUT2D eigenvalue weighted by Crippen LogP contribution is -2.45. The van der Waals surface area contributed by atoms with Crippen LogP contribution in [0.3, 0.4) is 0 Å². The lowest BCUT2D eigenvalue weighted by Gasteiger charge is -2.37. The van der Waals surface area contributed by atoms with Gasteiger partial charge < -0.3 is 10.2 Å². The lowest BCUT2D eigenvalue weighted by atomic mass is 9.73. The molecule has 1 aliphatic rings. The highest BCUT2D eigenvalue weighted by atomic mass is 16.4. The van der Waals surface area contributed by atoms with Crippen LogP contribution in [-0.2, 0) is 4.79 Å². The molecule has 0 amide bonds.